The van der Waals surface area contributed by atoms with Crippen LogP contribution in [-0.2, 0) is 26.1 Å². The molecule has 1 aromatic rings. The van der Waals surface area contributed by atoms with Crippen molar-refractivity contribution in [3.05, 3.63) is 12.7 Å². The topological polar surface area (TPSA) is 97.6 Å². The van der Waals surface area contributed by atoms with Crippen molar-refractivity contribution in [3.63, 3.8) is 0 Å². The summed E-state index contributed by atoms with van der Waals surface area (Å²) >= 11 is 0. The molecular formula is C17H27N5O4S. The summed E-state index contributed by atoms with van der Waals surface area (Å²) in [5.74, 6) is 0.135. The standard InChI is InChI=1S/C17H27N5O4S/c1-27(24,25)22-14-4-5-15(22)10-17(9-14)11-20(7-8-26-17)16(23)3-2-6-21-13-18-12-19-21/h12-15H,2-11H2,1H3/t14-,15+,17?. The molecule has 3 aliphatic heterocycles. The summed E-state index contributed by atoms with van der Waals surface area (Å²) in [4.78, 5) is 18.5. The predicted molar refractivity (Wildman–Crippen MR) is 97.2 cm³/mol. The van der Waals surface area contributed by atoms with E-state index in [0.29, 0.717) is 45.5 Å². The van der Waals surface area contributed by atoms with Gasteiger partial charge in [-0.05, 0) is 32.1 Å². The van der Waals surface area contributed by atoms with E-state index in [0.717, 1.165) is 19.3 Å². The quantitative estimate of drug-likeness (QED) is 0.706. The second-order valence-electron chi connectivity index (χ2n) is 8.00. The maximum absolute atomic E-state index is 12.7. The van der Waals surface area contributed by atoms with Gasteiger partial charge in [-0.1, -0.05) is 0 Å². The van der Waals surface area contributed by atoms with Gasteiger partial charge in [0.15, 0.2) is 0 Å². The smallest absolute Gasteiger partial charge is 0.222 e. The van der Waals surface area contributed by atoms with E-state index < -0.39 is 15.6 Å². The van der Waals surface area contributed by atoms with E-state index in [1.54, 1.807) is 15.3 Å². The van der Waals surface area contributed by atoms with E-state index in [4.69, 9.17) is 4.74 Å². The number of ether oxygens (including phenoxy) is 1. The van der Waals surface area contributed by atoms with Gasteiger partial charge in [-0.3, -0.25) is 9.48 Å². The first-order valence-electron chi connectivity index (χ1n) is 9.59. The Labute approximate surface area is 159 Å². The Morgan fingerprint density at radius 3 is 2.67 bits per heavy atom. The van der Waals surface area contributed by atoms with Crippen molar-refractivity contribution in [3.8, 4) is 0 Å². The lowest BCUT2D eigenvalue weighted by molar-refractivity contribution is -0.162. The lowest BCUT2D eigenvalue weighted by Crippen LogP contribution is -2.61. The monoisotopic (exact) mass is 397 g/mol. The molecule has 3 aliphatic rings. The van der Waals surface area contributed by atoms with Crippen molar-refractivity contribution in [2.24, 2.45) is 0 Å². The second-order valence-corrected chi connectivity index (χ2v) is 9.88. The van der Waals surface area contributed by atoms with Gasteiger partial charge in [0.05, 0.1) is 18.5 Å². The van der Waals surface area contributed by atoms with Crippen LogP contribution in [0, 0.1) is 0 Å². The van der Waals surface area contributed by atoms with Crippen LogP contribution in [0.1, 0.15) is 38.5 Å². The Balaban J connectivity index is 1.36. The van der Waals surface area contributed by atoms with Crippen LogP contribution in [0.4, 0.5) is 0 Å². The molecule has 0 aromatic carbocycles. The zero-order chi connectivity index (χ0) is 19.1. The molecule has 0 saturated carbocycles. The number of aromatic nitrogens is 3. The van der Waals surface area contributed by atoms with Crippen LogP contribution < -0.4 is 0 Å². The number of aryl methyl sites for hydroxylation is 1. The molecule has 27 heavy (non-hydrogen) atoms. The fourth-order valence-electron chi connectivity index (χ4n) is 5.01. The van der Waals surface area contributed by atoms with Crippen LogP contribution in [0.5, 0.6) is 0 Å². The summed E-state index contributed by atoms with van der Waals surface area (Å²) in [5.41, 5.74) is -0.396. The Bertz CT molecular complexity index is 767. The summed E-state index contributed by atoms with van der Waals surface area (Å²) in [6, 6.07) is 0.00207. The van der Waals surface area contributed by atoms with Gasteiger partial charge in [-0.2, -0.15) is 9.40 Å². The number of fused-ring (bicyclic) bond motifs is 2. The van der Waals surface area contributed by atoms with Crippen LogP contribution in [0.25, 0.3) is 0 Å². The van der Waals surface area contributed by atoms with E-state index in [1.807, 2.05) is 4.90 Å². The number of carbonyl (C=O) groups is 1. The Morgan fingerprint density at radius 2 is 2.04 bits per heavy atom. The molecule has 1 aromatic heterocycles. The minimum absolute atomic E-state index is 0.00103. The minimum Gasteiger partial charge on any atom is -0.371 e. The summed E-state index contributed by atoms with van der Waals surface area (Å²) in [5, 5.41) is 4.05. The molecule has 150 valence electrons. The molecular weight excluding hydrogens is 370 g/mol. The van der Waals surface area contributed by atoms with Gasteiger partial charge in [0.2, 0.25) is 15.9 Å². The van der Waals surface area contributed by atoms with Gasteiger partial charge >= 0.3 is 0 Å². The number of rotatable bonds is 5. The van der Waals surface area contributed by atoms with Crippen LogP contribution in [0.3, 0.4) is 0 Å². The number of hydrogen-bond donors (Lipinski definition) is 0. The fourth-order valence-corrected chi connectivity index (χ4v) is 6.45. The molecule has 4 rings (SSSR count). The maximum atomic E-state index is 12.7. The molecule has 1 spiro atoms. The number of sulfonamides is 1. The fraction of sp³-hybridized carbons (Fsp3) is 0.824. The number of nitrogens with zero attached hydrogens (tertiary/aromatic N) is 5. The van der Waals surface area contributed by atoms with Crippen molar-refractivity contribution in [2.75, 3.05) is 26.0 Å². The van der Waals surface area contributed by atoms with Gasteiger partial charge in [0, 0.05) is 38.1 Å². The van der Waals surface area contributed by atoms with Crippen LogP contribution >= 0.6 is 0 Å². The van der Waals surface area contributed by atoms with Gasteiger partial charge in [0.25, 0.3) is 0 Å². The number of piperidine rings is 1. The molecule has 9 nitrogen and oxygen atoms in total. The number of morpholine rings is 1. The number of amides is 1. The second kappa shape index (κ2) is 7.14. The van der Waals surface area contributed by atoms with E-state index in [-0.39, 0.29) is 18.0 Å². The average Bonchev–Trinajstić information content (AvgIpc) is 3.21. The zero-order valence-corrected chi connectivity index (χ0v) is 16.5. The third kappa shape index (κ3) is 3.88. The third-order valence-corrected chi connectivity index (χ3v) is 7.36. The van der Waals surface area contributed by atoms with Gasteiger partial charge in [0.1, 0.15) is 12.7 Å². The maximum Gasteiger partial charge on any atom is 0.222 e. The van der Waals surface area contributed by atoms with Crippen molar-refractivity contribution < 1.29 is 17.9 Å². The largest absolute Gasteiger partial charge is 0.371 e. The van der Waals surface area contributed by atoms with Crippen molar-refractivity contribution >= 4 is 15.9 Å². The van der Waals surface area contributed by atoms with Crippen molar-refractivity contribution in [1.29, 1.82) is 0 Å². The molecule has 1 unspecified atom stereocenters. The zero-order valence-electron chi connectivity index (χ0n) is 15.7. The van der Waals surface area contributed by atoms with Crippen molar-refractivity contribution in [1.82, 2.24) is 24.0 Å². The van der Waals surface area contributed by atoms with E-state index in [2.05, 4.69) is 10.1 Å². The summed E-state index contributed by atoms with van der Waals surface area (Å²) < 4.78 is 33.8. The first-order chi connectivity index (χ1) is 12.9. The van der Waals surface area contributed by atoms with Crippen LogP contribution in [-0.4, -0.2) is 81.9 Å². The predicted octanol–water partition coefficient (Wildman–Crippen LogP) is 0.242. The highest BCUT2D eigenvalue weighted by Gasteiger charge is 2.53. The molecule has 3 atom stereocenters. The van der Waals surface area contributed by atoms with Crippen LogP contribution in [0.2, 0.25) is 0 Å². The van der Waals surface area contributed by atoms with Gasteiger partial charge in [-0.15, -0.1) is 0 Å². The highest BCUT2D eigenvalue weighted by Crippen LogP contribution is 2.45. The molecule has 0 aliphatic carbocycles. The normalized spacial score (nSPS) is 31.5. The molecule has 4 heterocycles. The summed E-state index contributed by atoms with van der Waals surface area (Å²) in [6.45, 7) is 2.37. The molecule has 10 heteroatoms. The molecule has 3 saturated heterocycles. The summed E-state index contributed by atoms with van der Waals surface area (Å²) in [7, 11) is -3.20. The minimum atomic E-state index is -3.20. The Hall–Kier alpha value is -1.52. The highest BCUT2D eigenvalue weighted by atomic mass is 32.2. The first kappa shape index (κ1) is 18.8. The lowest BCUT2D eigenvalue weighted by Gasteiger charge is -2.49. The van der Waals surface area contributed by atoms with Crippen LogP contribution in [0.15, 0.2) is 12.7 Å². The third-order valence-electron chi connectivity index (χ3n) is 6.00. The number of hydrogen-bond acceptors (Lipinski definition) is 6. The van der Waals surface area contributed by atoms with Crippen molar-refractivity contribution in [2.45, 2.75) is 62.8 Å². The molecule has 1 amide bonds. The van der Waals surface area contributed by atoms with E-state index in [9.17, 15) is 13.2 Å². The van der Waals surface area contributed by atoms with E-state index in [1.165, 1.54) is 12.6 Å². The Morgan fingerprint density at radius 1 is 1.30 bits per heavy atom. The Kier molecular flexibility index (Phi) is 4.98. The summed E-state index contributed by atoms with van der Waals surface area (Å²) in [6.07, 6.45) is 8.76. The SMILES string of the molecule is CS(=O)(=O)N1[C@@H]2CC[C@H]1CC1(C2)CN(C(=O)CCCn2cncn2)CCO1. The molecule has 2 bridgehead atoms. The first-order valence-corrected chi connectivity index (χ1v) is 11.4. The molecule has 0 N–H and O–H groups in total. The number of carbonyl (C=O) groups excluding carboxylic acids is 1. The van der Waals surface area contributed by atoms with Gasteiger partial charge < -0.3 is 9.64 Å². The average molecular weight is 398 g/mol. The van der Waals surface area contributed by atoms with Gasteiger partial charge in [-0.25, -0.2) is 13.4 Å². The highest BCUT2D eigenvalue weighted by molar-refractivity contribution is 7.88. The lowest BCUT2D eigenvalue weighted by atomic mass is 9.85. The van der Waals surface area contributed by atoms with E-state index >= 15 is 0 Å². The molecule has 0 radical (unpaired) electrons. The molecule has 3 fully saturated rings.